The third-order valence-corrected chi connectivity index (χ3v) is 1.92. The molecule has 0 N–H and O–H groups in total. The van der Waals surface area contributed by atoms with Gasteiger partial charge in [0.1, 0.15) is 5.75 Å². The van der Waals surface area contributed by atoms with Crippen molar-refractivity contribution in [1.82, 2.24) is 0 Å². The van der Waals surface area contributed by atoms with Crippen molar-refractivity contribution in [3.05, 3.63) is 34.4 Å². The zero-order valence-corrected chi connectivity index (χ0v) is 8.63. The summed E-state index contributed by atoms with van der Waals surface area (Å²) in [6.07, 6.45) is -5.42. The van der Waals surface area contributed by atoms with Gasteiger partial charge in [-0.15, -0.1) is 0 Å². The second kappa shape index (κ2) is 4.36. The molecule has 0 spiro atoms. The van der Waals surface area contributed by atoms with Crippen molar-refractivity contribution >= 4 is 17.3 Å². The van der Waals surface area contributed by atoms with Crippen molar-refractivity contribution in [2.75, 3.05) is 0 Å². The summed E-state index contributed by atoms with van der Waals surface area (Å²) in [6, 6.07) is 3.33. The number of ether oxygens (including phenoxy) is 1. The lowest BCUT2D eigenvalue weighted by Gasteiger charge is -2.21. The monoisotopic (exact) mass is 273 g/mol. The molecule has 0 heterocycles. The molecule has 0 saturated heterocycles. The summed E-state index contributed by atoms with van der Waals surface area (Å²) in [5.74, 6) is -0.578. The molecular weight excluding hydrogens is 270 g/mol. The van der Waals surface area contributed by atoms with Gasteiger partial charge in [-0.3, -0.25) is 10.1 Å². The fraction of sp³-hybridized carbons (Fsp3) is 0.250. The molecule has 0 radical (unpaired) electrons. The van der Waals surface area contributed by atoms with Crippen LogP contribution in [0.3, 0.4) is 0 Å². The highest BCUT2D eigenvalue weighted by Crippen LogP contribution is 2.39. The summed E-state index contributed by atoms with van der Waals surface area (Å²) in [7, 11) is 0. The average Bonchev–Trinajstić information content (AvgIpc) is 2.16. The highest BCUT2D eigenvalue weighted by atomic mass is 35.5. The number of hydrogen-bond acceptors (Lipinski definition) is 3. The van der Waals surface area contributed by atoms with E-state index in [-0.39, 0.29) is 5.69 Å². The number of nitro benzene ring substituents is 1. The minimum absolute atomic E-state index is 0.372. The van der Waals surface area contributed by atoms with Crippen molar-refractivity contribution in [3.63, 3.8) is 0 Å². The minimum Gasteiger partial charge on any atom is -0.439 e. The van der Waals surface area contributed by atoms with Crippen LogP contribution in [0.25, 0.3) is 0 Å². The number of rotatable bonds is 3. The van der Waals surface area contributed by atoms with Gasteiger partial charge in [-0.2, -0.15) is 17.6 Å². The van der Waals surface area contributed by atoms with Gasteiger partial charge in [0.05, 0.1) is 4.92 Å². The van der Waals surface area contributed by atoms with Crippen LogP contribution in [0.15, 0.2) is 24.3 Å². The maximum atomic E-state index is 12.8. The molecule has 1 aromatic carbocycles. The molecule has 4 nitrogen and oxygen atoms in total. The van der Waals surface area contributed by atoms with E-state index in [9.17, 15) is 27.7 Å². The molecule has 0 saturated carbocycles. The molecule has 0 bridgehead atoms. The maximum Gasteiger partial charge on any atom is 0.477 e. The molecule has 0 fully saturated rings. The molecule has 0 aliphatic carbocycles. The number of halogens is 5. The topological polar surface area (TPSA) is 52.4 Å². The predicted molar refractivity (Wildman–Crippen MR) is 49.5 cm³/mol. The Morgan fingerprint density at radius 3 is 2.00 bits per heavy atom. The lowest BCUT2D eigenvalue weighted by atomic mass is 10.3. The van der Waals surface area contributed by atoms with Crippen LogP contribution in [0, 0.1) is 10.1 Å². The van der Waals surface area contributed by atoms with Crippen LogP contribution >= 0.6 is 11.6 Å². The summed E-state index contributed by atoms with van der Waals surface area (Å²) in [5, 5.41) is 5.87. The van der Waals surface area contributed by atoms with Crippen molar-refractivity contribution in [3.8, 4) is 5.75 Å². The molecule has 1 unspecified atom stereocenters. The molecule has 0 aromatic heterocycles. The second-order valence-electron chi connectivity index (χ2n) is 2.87. The van der Waals surface area contributed by atoms with Crippen molar-refractivity contribution in [2.45, 2.75) is 11.5 Å². The Bertz CT molecular complexity index is 418. The van der Waals surface area contributed by atoms with Gasteiger partial charge in [-0.25, -0.2) is 0 Å². The van der Waals surface area contributed by atoms with E-state index >= 15 is 0 Å². The van der Waals surface area contributed by atoms with Crippen LogP contribution in [-0.2, 0) is 0 Å². The van der Waals surface area contributed by atoms with E-state index in [4.69, 9.17) is 0 Å². The summed E-state index contributed by atoms with van der Waals surface area (Å²) in [4.78, 5) is 9.47. The molecular formula is C8H4ClF4NO3. The highest BCUT2D eigenvalue weighted by Gasteiger charge is 2.58. The molecule has 0 aliphatic heterocycles. The summed E-state index contributed by atoms with van der Waals surface area (Å²) >= 11 is 4.50. The van der Waals surface area contributed by atoms with E-state index in [1.165, 1.54) is 0 Å². The van der Waals surface area contributed by atoms with Gasteiger partial charge < -0.3 is 4.74 Å². The summed E-state index contributed by atoms with van der Waals surface area (Å²) < 4.78 is 52.6. The first-order chi connectivity index (χ1) is 7.63. The van der Waals surface area contributed by atoms with Crippen LogP contribution in [0.4, 0.5) is 23.2 Å². The highest BCUT2D eigenvalue weighted by molar-refractivity contribution is 6.22. The van der Waals surface area contributed by atoms with E-state index in [0.29, 0.717) is 0 Å². The number of non-ortho nitro benzene ring substituents is 1. The molecule has 0 aliphatic rings. The fourth-order valence-corrected chi connectivity index (χ4v) is 0.931. The van der Waals surface area contributed by atoms with Gasteiger partial charge in [0.25, 0.3) is 5.69 Å². The predicted octanol–water partition coefficient (Wildman–Crippen LogP) is 3.40. The van der Waals surface area contributed by atoms with E-state index in [1.807, 2.05) is 0 Å². The minimum atomic E-state index is -5.42. The Hall–Kier alpha value is -1.57. The first-order valence-electron chi connectivity index (χ1n) is 4.01. The van der Waals surface area contributed by atoms with Crippen molar-refractivity contribution < 1.29 is 27.2 Å². The summed E-state index contributed by atoms with van der Waals surface area (Å²) in [6.45, 7) is 0. The maximum absolute atomic E-state index is 12.8. The quantitative estimate of drug-likeness (QED) is 0.367. The number of benzene rings is 1. The fourth-order valence-electron chi connectivity index (χ4n) is 0.842. The number of hydrogen-bond donors (Lipinski definition) is 0. The lowest BCUT2D eigenvalue weighted by Crippen LogP contribution is -2.40. The zero-order chi connectivity index (χ0) is 13.3. The molecule has 1 atom stereocenters. The number of nitro groups is 1. The van der Waals surface area contributed by atoms with Gasteiger partial charge >= 0.3 is 11.5 Å². The van der Waals surface area contributed by atoms with Crippen molar-refractivity contribution in [2.24, 2.45) is 0 Å². The largest absolute Gasteiger partial charge is 0.477 e. The third-order valence-electron chi connectivity index (χ3n) is 1.62. The van der Waals surface area contributed by atoms with Gasteiger partial charge in [0, 0.05) is 12.1 Å². The van der Waals surface area contributed by atoms with Crippen LogP contribution in [0.2, 0.25) is 0 Å². The van der Waals surface area contributed by atoms with E-state index in [2.05, 4.69) is 16.3 Å². The smallest absolute Gasteiger partial charge is 0.439 e. The van der Waals surface area contributed by atoms with Crippen LogP contribution in [-0.4, -0.2) is 16.4 Å². The second-order valence-corrected chi connectivity index (χ2v) is 3.35. The molecule has 94 valence electrons. The molecule has 9 heteroatoms. The normalized spacial score (nSPS) is 15.1. The summed E-state index contributed by atoms with van der Waals surface area (Å²) in [5.41, 5.74) is -0.372. The molecule has 1 aromatic rings. The Labute approximate surface area is 96.9 Å². The zero-order valence-electron chi connectivity index (χ0n) is 7.87. The Morgan fingerprint density at radius 1 is 1.18 bits per heavy atom. The third kappa shape index (κ3) is 3.19. The molecule has 0 amide bonds. The lowest BCUT2D eigenvalue weighted by molar-refractivity contribution is -0.384. The standard InChI is InChI=1S/C8H4ClF4NO3/c9-7(10,8(11,12)13)17-6-3-1-5(2-4-6)14(15)16/h1-4H. The van der Waals surface area contributed by atoms with Crippen LogP contribution in [0.5, 0.6) is 5.75 Å². The van der Waals surface area contributed by atoms with Gasteiger partial charge in [0.2, 0.25) is 0 Å². The van der Waals surface area contributed by atoms with E-state index in [0.717, 1.165) is 24.3 Å². The first kappa shape index (κ1) is 13.5. The van der Waals surface area contributed by atoms with Gasteiger partial charge in [-0.05, 0) is 23.7 Å². The van der Waals surface area contributed by atoms with E-state index in [1.54, 1.807) is 0 Å². The Balaban J connectivity index is 2.86. The van der Waals surface area contributed by atoms with Crippen LogP contribution in [0.1, 0.15) is 0 Å². The van der Waals surface area contributed by atoms with Gasteiger partial charge in [-0.1, -0.05) is 0 Å². The number of nitrogens with zero attached hydrogens (tertiary/aromatic N) is 1. The number of alkyl halides is 5. The average molecular weight is 274 g/mol. The first-order valence-corrected chi connectivity index (χ1v) is 4.39. The van der Waals surface area contributed by atoms with Crippen LogP contribution < -0.4 is 4.74 Å². The van der Waals surface area contributed by atoms with Gasteiger partial charge in [0.15, 0.2) is 0 Å². The van der Waals surface area contributed by atoms with Crippen molar-refractivity contribution in [1.29, 1.82) is 0 Å². The Kier molecular flexibility index (Phi) is 3.46. The molecule has 1 rings (SSSR count). The Morgan fingerprint density at radius 2 is 1.65 bits per heavy atom. The SMILES string of the molecule is O=[N+]([O-])c1ccc(OC(F)(Cl)C(F)(F)F)cc1. The van der Waals surface area contributed by atoms with E-state index < -0.39 is 22.2 Å². The molecule has 17 heavy (non-hydrogen) atoms.